The van der Waals surface area contributed by atoms with Crippen LogP contribution in [0, 0.1) is 10.1 Å². The molecule has 1 aliphatic heterocycles. The lowest BCUT2D eigenvalue weighted by molar-refractivity contribution is -0.384. The maximum Gasteiger partial charge on any atom is 0.310 e. The van der Waals surface area contributed by atoms with Gasteiger partial charge in [-0.15, -0.1) is 0 Å². The van der Waals surface area contributed by atoms with Crippen molar-refractivity contribution in [3.05, 3.63) is 56.8 Å². The van der Waals surface area contributed by atoms with Crippen molar-refractivity contribution in [2.75, 3.05) is 18.4 Å². The van der Waals surface area contributed by atoms with E-state index in [9.17, 15) is 23.3 Å². The number of nitrogens with one attached hydrogen (secondary N) is 1. The largest absolute Gasteiger partial charge is 0.316 e. The minimum absolute atomic E-state index is 0.00183. The highest BCUT2D eigenvalue weighted by atomic mass is 79.9. The molecule has 1 aromatic heterocycles. The van der Waals surface area contributed by atoms with Gasteiger partial charge in [0.2, 0.25) is 10.0 Å². The van der Waals surface area contributed by atoms with Crippen LogP contribution in [0.15, 0.2) is 46.0 Å². The van der Waals surface area contributed by atoms with Crippen LogP contribution in [0.5, 0.6) is 0 Å². The van der Waals surface area contributed by atoms with E-state index in [1.807, 2.05) is 0 Å². The molecule has 3 rings (SSSR count). The summed E-state index contributed by atoms with van der Waals surface area (Å²) in [7, 11) is -3.69. The fourth-order valence-corrected chi connectivity index (χ4v) is 4.71. The SMILES string of the molecule is O=C(Nc1ccncc1[N+](=O)[O-])c1cc(S(=O)(=O)N2CCCC2)ccc1Br. The van der Waals surface area contributed by atoms with Crippen LogP contribution in [-0.2, 0) is 10.0 Å². The summed E-state index contributed by atoms with van der Waals surface area (Å²) >= 11 is 3.23. The third-order valence-corrected chi connectivity index (χ3v) is 6.72. The van der Waals surface area contributed by atoms with E-state index in [2.05, 4.69) is 26.2 Å². The number of carbonyl (C=O) groups excluding carboxylic acids is 1. The number of halogens is 1. The van der Waals surface area contributed by atoms with E-state index in [-0.39, 0.29) is 21.8 Å². The standard InChI is InChI=1S/C16H15BrN4O5S/c17-13-4-3-11(27(25,26)20-7-1-2-8-20)9-12(13)16(22)19-14-5-6-18-10-15(14)21(23)24/h3-6,9-10H,1-2,7-8H2,(H,18,19,22). The lowest BCUT2D eigenvalue weighted by Gasteiger charge is -2.16. The molecule has 142 valence electrons. The Morgan fingerprint density at radius 2 is 1.96 bits per heavy atom. The second-order valence-corrected chi connectivity index (χ2v) is 8.65. The molecular formula is C16H15BrN4O5S. The van der Waals surface area contributed by atoms with Crippen molar-refractivity contribution in [1.82, 2.24) is 9.29 Å². The third kappa shape index (κ3) is 3.99. The van der Waals surface area contributed by atoms with Gasteiger partial charge in [0.15, 0.2) is 0 Å². The number of amides is 1. The molecule has 1 aliphatic rings. The quantitative estimate of drug-likeness (QED) is 0.547. The number of pyridine rings is 1. The van der Waals surface area contributed by atoms with E-state index in [0.717, 1.165) is 19.0 Å². The minimum atomic E-state index is -3.69. The van der Waals surface area contributed by atoms with Crippen LogP contribution in [0.25, 0.3) is 0 Å². The smallest absolute Gasteiger partial charge is 0.310 e. The molecule has 0 saturated carbocycles. The minimum Gasteiger partial charge on any atom is -0.316 e. The molecule has 0 radical (unpaired) electrons. The molecule has 0 atom stereocenters. The van der Waals surface area contributed by atoms with Gasteiger partial charge in [-0.2, -0.15) is 4.31 Å². The van der Waals surface area contributed by atoms with Gasteiger partial charge in [-0.25, -0.2) is 8.42 Å². The lowest BCUT2D eigenvalue weighted by Crippen LogP contribution is -2.28. The van der Waals surface area contributed by atoms with Crippen LogP contribution in [-0.4, -0.2) is 41.6 Å². The van der Waals surface area contributed by atoms with Gasteiger partial charge in [-0.3, -0.25) is 19.9 Å². The van der Waals surface area contributed by atoms with Crippen molar-refractivity contribution in [1.29, 1.82) is 0 Å². The number of nitrogens with zero attached hydrogens (tertiary/aromatic N) is 3. The Morgan fingerprint density at radius 3 is 2.63 bits per heavy atom. The number of nitro groups is 1. The molecule has 0 aliphatic carbocycles. The van der Waals surface area contributed by atoms with E-state index in [4.69, 9.17) is 0 Å². The Kier molecular flexibility index (Phi) is 5.53. The van der Waals surface area contributed by atoms with Crippen LogP contribution in [0.2, 0.25) is 0 Å². The van der Waals surface area contributed by atoms with Crippen molar-refractivity contribution in [2.24, 2.45) is 0 Å². The molecule has 0 unspecified atom stereocenters. The van der Waals surface area contributed by atoms with Gasteiger partial charge in [-0.1, -0.05) is 0 Å². The molecule has 1 aromatic carbocycles. The average Bonchev–Trinajstić information content (AvgIpc) is 3.17. The topological polar surface area (TPSA) is 123 Å². The summed E-state index contributed by atoms with van der Waals surface area (Å²) in [6.07, 6.45) is 3.94. The zero-order chi connectivity index (χ0) is 19.6. The maximum atomic E-state index is 12.7. The van der Waals surface area contributed by atoms with Gasteiger partial charge < -0.3 is 5.32 Å². The molecule has 2 heterocycles. The third-order valence-electron chi connectivity index (χ3n) is 4.13. The van der Waals surface area contributed by atoms with Crippen molar-refractivity contribution in [2.45, 2.75) is 17.7 Å². The van der Waals surface area contributed by atoms with Gasteiger partial charge in [0.1, 0.15) is 11.9 Å². The van der Waals surface area contributed by atoms with Gasteiger partial charge in [-0.05, 0) is 53.0 Å². The Hall–Kier alpha value is -2.37. The Balaban J connectivity index is 1.93. The highest BCUT2D eigenvalue weighted by Crippen LogP contribution is 2.28. The van der Waals surface area contributed by atoms with Gasteiger partial charge in [0.25, 0.3) is 5.91 Å². The number of benzene rings is 1. The highest BCUT2D eigenvalue weighted by molar-refractivity contribution is 9.10. The van der Waals surface area contributed by atoms with Crippen molar-refractivity contribution >= 4 is 43.2 Å². The normalized spacial score (nSPS) is 14.9. The number of carbonyl (C=O) groups is 1. The number of aromatic nitrogens is 1. The van der Waals surface area contributed by atoms with E-state index >= 15 is 0 Å². The zero-order valence-electron chi connectivity index (χ0n) is 14.0. The summed E-state index contributed by atoms with van der Waals surface area (Å²) in [6, 6.07) is 5.46. The summed E-state index contributed by atoms with van der Waals surface area (Å²) in [5.41, 5.74) is -0.330. The number of anilines is 1. The van der Waals surface area contributed by atoms with E-state index in [0.29, 0.717) is 17.6 Å². The van der Waals surface area contributed by atoms with E-state index in [1.54, 1.807) is 0 Å². The van der Waals surface area contributed by atoms with Crippen LogP contribution < -0.4 is 5.32 Å². The maximum absolute atomic E-state index is 12.7. The van der Waals surface area contributed by atoms with Crippen LogP contribution in [0.4, 0.5) is 11.4 Å². The van der Waals surface area contributed by atoms with E-state index < -0.39 is 20.9 Å². The number of hydrogen-bond acceptors (Lipinski definition) is 6. The van der Waals surface area contributed by atoms with Crippen LogP contribution >= 0.6 is 15.9 Å². The molecule has 11 heteroatoms. The second kappa shape index (κ2) is 7.71. The first-order chi connectivity index (χ1) is 12.8. The summed E-state index contributed by atoms with van der Waals surface area (Å²) in [4.78, 5) is 26.7. The summed E-state index contributed by atoms with van der Waals surface area (Å²) in [5.74, 6) is -0.672. The molecule has 1 N–H and O–H groups in total. The summed E-state index contributed by atoms with van der Waals surface area (Å²) in [5, 5.41) is 13.5. The lowest BCUT2D eigenvalue weighted by atomic mass is 10.2. The van der Waals surface area contributed by atoms with Crippen molar-refractivity contribution < 1.29 is 18.1 Å². The molecule has 1 fully saturated rings. The molecule has 0 bridgehead atoms. The molecule has 9 nitrogen and oxygen atoms in total. The van der Waals surface area contributed by atoms with Crippen molar-refractivity contribution in [3.8, 4) is 0 Å². The number of hydrogen-bond donors (Lipinski definition) is 1. The second-order valence-electron chi connectivity index (χ2n) is 5.86. The van der Waals surface area contributed by atoms with Gasteiger partial charge in [0, 0.05) is 23.8 Å². The molecule has 1 amide bonds. The molecule has 27 heavy (non-hydrogen) atoms. The van der Waals surface area contributed by atoms with Crippen LogP contribution in [0.1, 0.15) is 23.2 Å². The first-order valence-electron chi connectivity index (χ1n) is 8.00. The molecule has 0 spiro atoms. The highest BCUT2D eigenvalue weighted by Gasteiger charge is 2.28. The Labute approximate surface area is 163 Å². The zero-order valence-corrected chi connectivity index (χ0v) is 16.4. The van der Waals surface area contributed by atoms with Gasteiger partial charge in [0.05, 0.1) is 15.4 Å². The predicted octanol–water partition coefficient (Wildman–Crippen LogP) is 2.79. The van der Waals surface area contributed by atoms with Crippen molar-refractivity contribution in [3.63, 3.8) is 0 Å². The molecule has 2 aromatic rings. The average molecular weight is 455 g/mol. The summed E-state index contributed by atoms with van der Waals surface area (Å²) in [6.45, 7) is 0.895. The fraction of sp³-hybridized carbons (Fsp3) is 0.250. The van der Waals surface area contributed by atoms with Gasteiger partial charge >= 0.3 is 5.69 Å². The van der Waals surface area contributed by atoms with Crippen LogP contribution in [0.3, 0.4) is 0 Å². The fourth-order valence-electron chi connectivity index (χ4n) is 2.74. The Bertz CT molecular complexity index is 1010. The molecular weight excluding hydrogens is 440 g/mol. The first kappa shape index (κ1) is 19.4. The number of sulfonamides is 1. The monoisotopic (exact) mass is 454 g/mol. The predicted molar refractivity (Wildman–Crippen MR) is 101 cm³/mol. The molecule has 1 saturated heterocycles. The first-order valence-corrected chi connectivity index (χ1v) is 10.2. The number of rotatable bonds is 5. The van der Waals surface area contributed by atoms with E-state index in [1.165, 1.54) is 34.8 Å². The summed E-state index contributed by atoms with van der Waals surface area (Å²) < 4.78 is 27.2. The Morgan fingerprint density at radius 1 is 1.26 bits per heavy atom.